The number of halogens is 1. The van der Waals surface area contributed by atoms with Crippen molar-refractivity contribution < 1.29 is 14.0 Å². The summed E-state index contributed by atoms with van der Waals surface area (Å²) < 4.78 is 13.5. The van der Waals surface area contributed by atoms with E-state index in [1.807, 2.05) is 19.1 Å². The quantitative estimate of drug-likeness (QED) is 0.119. The number of carbonyl (C=O) groups is 2. The maximum Gasteiger partial charge on any atom is 0.193 e. The van der Waals surface area contributed by atoms with Gasteiger partial charge in [0.15, 0.2) is 11.6 Å². The highest BCUT2D eigenvalue weighted by Gasteiger charge is 2.43. The second kappa shape index (κ2) is 13.2. The van der Waals surface area contributed by atoms with Gasteiger partial charge in [0.1, 0.15) is 5.82 Å². The van der Waals surface area contributed by atoms with Crippen LogP contribution in [0.4, 0.5) is 4.39 Å². The fourth-order valence-electron chi connectivity index (χ4n) is 6.18. The van der Waals surface area contributed by atoms with Crippen LogP contribution in [-0.4, -0.2) is 11.6 Å². The van der Waals surface area contributed by atoms with Crippen molar-refractivity contribution in [2.24, 2.45) is 0 Å². The molecule has 0 aromatic heterocycles. The lowest BCUT2D eigenvalue weighted by molar-refractivity contribution is 0.103. The fraction of sp³-hybridized carbons (Fsp3) is 0.389. The Labute approximate surface area is 233 Å². The van der Waals surface area contributed by atoms with E-state index in [1.165, 1.54) is 67.3 Å². The predicted molar refractivity (Wildman–Crippen MR) is 159 cm³/mol. The van der Waals surface area contributed by atoms with Crippen LogP contribution in [0, 0.1) is 5.82 Å². The maximum atomic E-state index is 13.5. The van der Waals surface area contributed by atoms with Crippen LogP contribution in [0.15, 0.2) is 72.8 Å². The number of hydrogen-bond acceptors (Lipinski definition) is 2. The summed E-state index contributed by atoms with van der Waals surface area (Å²) in [4.78, 5) is 26.4. The summed E-state index contributed by atoms with van der Waals surface area (Å²) in [5, 5.41) is 0. The summed E-state index contributed by atoms with van der Waals surface area (Å²) in [6, 6.07) is 18.0. The minimum atomic E-state index is -0.350. The lowest BCUT2D eigenvalue weighted by Crippen LogP contribution is -2.26. The Morgan fingerprint density at radius 1 is 0.692 bits per heavy atom. The number of allylic oxidation sites excluding steroid dienone is 2. The number of carbonyl (C=O) groups excluding carboxylic acids is 2. The molecule has 3 aromatic carbocycles. The molecule has 0 N–H and O–H groups in total. The molecule has 0 radical (unpaired) electrons. The zero-order valence-corrected chi connectivity index (χ0v) is 23.7. The van der Waals surface area contributed by atoms with E-state index < -0.39 is 0 Å². The van der Waals surface area contributed by atoms with E-state index in [0.29, 0.717) is 16.7 Å². The van der Waals surface area contributed by atoms with Crippen molar-refractivity contribution in [1.82, 2.24) is 0 Å². The van der Waals surface area contributed by atoms with E-state index in [-0.39, 0.29) is 22.8 Å². The van der Waals surface area contributed by atoms with E-state index in [2.05, 4.69) is 38.1 Å². The van der Waals surface area contributed by atoms with Gasteiger partial charge in [-0.25, -0.2) is 4.39 Å². The molecule has 0 heterocycles. The van der Waals surface area contributed by atoms with Gasteiger partial charge in [-0.3, -0.25) is 9.59 Å². The van der Waals surface area contributed by atoms with E-state index in [9.17, 15) is 14.0 Å². The van der Waals surface area contributed by atoms with E-state index in [4.69, 9.17) is 0 Å². The lowest BCUT2D eigenvalue weighted by atomic mass is 9.70. The van der Waals surface area contributed by atoms with Crippen LogP contribution in [0.2, 0.25) is 0 Å². The molecule has 2 nitrogen and oxygen atoms in total. The molecule has 0 unspecified atom stereocenters. The van der Waals surface area contributed by atoms with Crippen LogP contribution in [-0.2, 0) is 5.41 Å². The van der Waals surface area contributed by atoms with Crippen molar-refractivity contribution >= 4 is 11.6 Å². The first-order chi connectivity index (χ1) is 18.9. The van der Waals surface area contributed by atoms with Gasteiger partial charge in [-0.2, -0.15) is 0 Å². The molecule has 1 aliphatic carbocycles. The van der Waals surface area contributed by atoms with Crippen LogP contribution in [0.1, 0.15) is 122 Å². The molecule has 0 amide bonds. The highest BCUT2D eigenvalue weighted by atomic mass is 19.1. The Kier molecular flexibility index (Phi) is 9.67. The molecule has 0 aliphatic heterocycles. The van der Waals surface area contributed by atoms with E-state index >= 15 is 0 Å². The number of fused-ring (bicyclic) bond motifs is 3. The second-order valence-corrected chi connectivity index (χ2v) is 10.9. The van der Waals surface area contributed by atoms with Crippen LogP contribution >= 0.6 is 0 Å². The first-order valence-electron chi connectivity index (χ1n) is 14.7. The fourth-order valence-corrected chi connectivity index (χ4v) is 6.18. The van der Waals surface area contributed by atoms with Gasteiger partial charge in [0.05, 0.1) is 0 Å². The third kappa shape index (κ3) is 6.13. The third-order valence-corrected chi connectivity index (χ3v) is 8.25. The molecular formula is C36H41FO2. The van der Waals surface area contributed by atoms with Crippen molar-refractivity contribution in [2.75, 3.05) is 0 Å². The molecular weight excluding hydrogens is 483 g/mol. The molecule has 0 fully saturated rings. The van der Waals surface area contributed by atoms with Gasteiger partial charge < -0.3 is 0 Å². The first-order valence-corrected chi connectivity index (χ1v) is 14.7. The standard InChI is InChI=1S/C36H41FO2/c1-4-7-9-11-22-36(23-12-10-8-5-2)32-24-27(34(38)13-6-3)16-20-30(32)31-21-17-28(25-33(31)36)35(39)26-14-18-29(37)19-15-26/h6,13-21,24-25H,4-5,7-12,22-23H2,1-3H3/b13-6-. The lowest BCUT2D eigenvalue weighted by Gasteiger charge is -2.33. The summed E-state index contributed by atoms with van der Waals surface area (Å²) in [6.45, 7) is 6.33. The first kappa shape index (κ1) is 28.7. The van der Waals surface area contributed by atoms with Gasteiger partial charge >= 0.3 is 0 Å². The molecule has 0 atom stereocenters. The molecule has 0 saturated heterocycles. The summed E-state index contributed by atoms with van der Waals surface area (Å²) >= 11 is 0. The molecule has 0 spiro atoms. The van der Waals surface area contributed by atoms with E-state index in [1.54, 1.807) is 24.3 Å². The predicted octanol–water partition coefficient (Wildman–Crippen LogP) is 10.0. The second-order valence-electron chi connectivity index (χ2n) is 10.9. The van der Waals surface area contributed by atoms with Crippen molar-refractivity contribution in [1.29, 1.82) is 0 Å². The summed E-state index contributed by atoms with van der Waals surface area (Å²) in [5.41, 5.74) is 6.37. The molecule has 3 heteroatoms. The van der Waals surface area contributed by atoms with Crippen molar-refractivity contribution in [3.05, 3.63) is 106 Å². The van der Waals surface area contributed by atoms with Crippen LogP contribution < -0.4 is 0 Å². The van der Waals surface area contributed by atoms with Crippen molar-refractivity contribution in [3.63, 3.8) is 0 Å². The molecule has 4 rings (SSSR count). The Morgan fingerprint density at radius 3 is 1.74 bits per heavy atom. The van der Waals surface area contributed by atoms with Gasteiger partial charge in [-0.1, -0.05) is 95.6 Å². The number of rotatable bonds is 14. The average Bonchev–Trinajstić information content (AvgIpc) is 3.22. The zero-order chi connectivity index (χ0) is 27.8. The number of benzene rings is 3. The highest BCUT2D eigenvalue weighted by Crippen LogP contribution is 2.54. The van der Waals surface area contributed by atoms with Gasteiger partial charge in [0.2, 0.25) is 0 Å². The molecule has 1 aliphatic rings. The van der Waals surface area contributed by atoms with Gasteiger partial charge in [-0.05, 0) is 84.5 Å². The van der Waals surface area contributed by atoms with Gasteiger partial charge in [-0.15, -0.1) is 0 Å². The van der Waals surface area contributed by atoms with Gasteiger partial charge in [0, 0.05) is 22.1 Å². The number of ketones is 2. The van der Waals surface area contributed by atoms with E-state index in [0.717, 1.165) is 31.2 Å². The largest absolute Gasteiger partial charge is 0.289 e. The smallest absolute Gasteiger partial charge is 0.193 e. The SMILES string of the molecule is C/C=C\C(=O)c1ccc2c(c1)C(CCCCCC)(CCCCCC)c1cc(C(=O)c3ccc(F)cc3)ccc1-2. The summed E-state index contributed by atoms with van der Waals surface area (Å²) in [7, 11) is 0. The normalized spacial score (nSPS) is 13.4. The highest BCUT2D eigenvalue weighted by molar-refractivity contribution is 6.10. The summed E-state index contributed by atoms with van der Waals surface area (Å²) in [5.74, 6) is -0.421. The molecule has 0 bridgehead atoms. The Balaban J connectivity index is 1.84. The molecule has 3 aromatic rings. The monoisotopic (exact) mass is 524 g/mol. The Morgan fingerprint density at radius 2 is 1.21 bits per heavy atom. The zero-order valence-electron chi connectivity index (χ0n) is 23.7. The Hall–Kier alpha value is -3.33. The average molecular weight is 525 g/mol. The minimum absolute atomic E-state index is 0.0225. The summed E-state index contributed by atoms with van der Waals surface area (Å²) in [6.07, 6.45) is 14.7. The molecule has 204 valence electrons. The number of unbranched alkanes of at least 4 members (excludes halogenated alkanes) is 6. The third-order valence-electron chi connectivity index (χ3n) is 8.25. The number of hydrogen-bond donors (Lipinski definition) is 0. The van der Waals surface area contributed by atoms with Crippen LogP contribution in [0.25, 0.3) is 11.1 Å². The molecule has 0 saturated carbocycles. The molecule has 39 heavy (non-hydrogen) atoms. The topological polar surface area (TPSA) is 34.1 Å². The minimum Gasteiger partial charge on any atom is -0.289 e. The van der Waals surface area contributed by atoms with Crippen LogP contribution in [0.5, 0.6) is 0 Å². The van der Waals surface area contributed by atoms with Crippen molar-refractivity contribution in [2.45, 2.75) is 90.4 Å². The van der Waals surface area contributed by atoms with Gasteiger partial charge in [0.25, 0.3) is 0 Å². The Bertz CT molecular complexity index is 1320. The van der Waals surface area contributed by atoms with Crippen molar-refractivity contribution in [3.8, 4) is 11.1 Å². The maximum absolute atomic E-state index is 13.5. The van der Waals surface area contributed by atoms with Crippen LogP contribution in [0.3, 0.4) is 0 Å².